The molecule has 0 unspecified atom stereocenters. The van der Waals surface area contributed by atoms with Crippen molar-refractivity contribution in [2.24, 2.45) is 0 Å². The molecule has 7 heteroatoms. The third kappa shape index (κ3) is 3.65. The van der Waals surface area contributed by atoms with E-state index < -0.39 is 10.0 Å². The highest BCUT2D eigenvalue weighted by Crippen LogP contribution is 2.25. The Kier molecular flexibility index (Phi) is 4.69. The van der Waals surface area contributed by atoms with Gasteiger partial charge in [0.15, 0.2) is 0 Å². The fourth-order valence-electron chi connectivity index (χ4n) is 1.80. The van der Waals surface area contributed by atoms with Crippen molar-refractivity contribution in [2.45, 2.75) is 18.7 Å². The first kappa shape index (κ1) is 15.6. The molecular weight excluding hydrogens is 310 g/mol. The number of aryl methyl sites for hydroxylation is 1. The highest BCUT2D eigenvalue weighted by molar-refractivity contribution is 7.92. The van der Waals surface area contributed by atoms with E-state index in [0.29, 0.717) is 22.9 Å². The summed E-state index contributed by atoms with van der Waals surface area (Å²) in [5.41, 5.74) is 1.81. The van der Waals surface area contributed by atoms with Crippen molar-refractivity contribution in [3.63, 3.8) is 0 Å². The highest BCUT2D eigenvalue weighted by Gasteiger charge is 2.19. The van der Waals surface area contributed by atoms with Crippen molar-refractivity contribution < 1.29 is 8.42 Å². The van der Waals surface area contributed by atoms with Gasteiger partial charge in [0.05, 0.1) is 11.4 Å². The lowest BCUT2D eigenvalue weighted by molar-refractivity contribution is 0.601. The molecule has 5 nitrogen and oxygen atoms in total. The Morgan fingerprint density at radius 2 is 2.05 bits per heavy atom. The van der Waals surface area contributed by atoms with E-state index in [1.807, 2.05) is 13.8 Å². The Labute approximate surface area is 129 Å². The summed E-state index contributed by atoms with van der Waals surface area (Å²) in [5.74, 6) is 0. The number of rotatable bonds is 5. The van der Waals surface area contributed by atoms with Crippen molar-refractivity contribution in [2.75, 3.05) is 16.6 Å². The van der Waals surface area contributed by atoms with Crippen LogP contribution in [0.2, 0.25) is 5.02 Å². The quantitative estimate of drug-likeness (QED) is 0.885. The van der Waals surface area contributed by atoms with Gasteiger partial charge in [0.2, 0.25) is 0 Å². The van der Waals surface area contributed by atoms with E-state index in [0.717, 1.165) is 5.56 Å². The molecule has 0 bridgehead atoms. The van der Waals surface area contributed by atoms with E-state index in [2.05, 4.69) is 15.0 Å². The molecule has 1 aromatic carbocycles. The van der Waals surface area contributed by atoms with Gasteiger partial charge in [0.1, 0.15) is 4.90 Å². The topological polar surface area (TPSA) is 71.1 Å². The van der Waals surface area contributed by atoms with Crippen LogP contribution >= 0.6 is 11.6 Å². The summed E-state index contributed by atoms with van der Waals surface area (Å²) < 4.78 is 27.4. The lowest BCUT2D eigenvalue weighted by Crippen LogP contribution is -2.15. The van der Waals surface area contributed by atoms with Gasteiger partial charge in [-0.25, -0.2) is 8.42 Å². The minimum atomic E-state index is -3.73. The summed E-state index contributed by atoms with van der Waals surface area (Å²) in [4.78, 5) is 3.98. The average molecular weight is 326 g/mol. The number of nitrogens with one attached hydrogen (secondary N) is 2. The molecule has 0 atom stereocenters. The standard InChI is InChI=1S/C14H16ClN3O2S/c1-3-17-13-6-7-16-9-14(13)21(19,20)18-11-5-4-10(2)12(15)8-11/h4-9,18H,3H2,1-2H3,(H,16,17). The fraction of sp³-hybridized carbons (Fsp3) is 0.214. The molecule has 0 aliphatic heterocycles. The largest absolute Gasteiger partial charge is 0.384 e. The van der Waals surface area contributed by atoms with Crippen LogP contribution in [-0.4, -0.2) is 19.9 Å². The number of halogens is 1. The maximum atomic E-state index is 12.5. The maximum Gasteiger partial charge on any atom is 0.265 e. The zero-order valence-electron chi connectivity index (χ0n) is 11.7. The third-order valence-corrected chi connectivity index (χ3v) is 4.68. The molecule has 2 aromatic rings. The number of hydrogen-bond donors (Lipinski definition) is 2. The molecule has 0 saturated heterocycles. The summed E-state index contributed by atoms with van der Waals surface area (Å²) in [7, 11) is -3.73. The molecule has 0 aliphatic carbocycles. The Morgan fingerprint density at radius 1 is 1.29 bits per heavy atom. The summed E-state index contributed by atoms with van der Waals surface area (Å²) in [6.07, 6.45) is 2.86. The van der Waals surface area contributed by atoms with Crippen molar-refractivity contribution in [1.82, 2.24) is 4.98 Å². The summed E-state index contributed by atoms with van der Waals surface area (Å²) in [6, 6.07) is 6.63. The lowest BCUT2D eigenvalue weighted by atomic mass is 10.2. The molecule has 2 rings (SSSR count). The molecular formula is C14H16ClN3O2S. The summed E-state index contributed by atoms with van der Waals surface area (Å²) >= 11 is 6.01. The highest BCUT2D eigenvalue weighted by atomic mass is 35.5. The molecule has 0 spiro atoms. The first-order valence-electron chi connectivity index (χ1n) is 6.41. The second-order valence-corrected chi connectivity index (χ2v) is 6.53. The molecule has 1 aromatic heterocycles. The van der Waals surface area contributed by atoms with Crippen LogP contribution in [0.25, 0.3) is 0 Å². The Morgan fingerprint density at radius 3 is 2.71 bits per heavy atom. The second kappa shape index (κ2) is 6.32. The van der Waals surface area contributed by atoms with Crippen LogP contribution < -0.4 is 10.0 Å². The van der Waals surface area contributed by atoms with Crippen LogP contribution in [0.15, 0.2) is 41.6 Å². The van der Waals surface area contributed by atoms with Gasteiger partial charge in [0.25, 0.3) is 10.0 Å². The zero-order valence-corrected chi connectivity index (χ0v) is 13.3. The van der Waals surface area contributed by atoms with Crippen LogP contribution in [0.3, 0.4) is 0 Å². The Bertz CT molecular complexity index is 748. The number of benzene rings is 1. The van der Waals surface area contributed by atoms with Crippen molar-refractivity contribution in [3.05, 3.63) is 47.2 Å². The van der Waals surface area contributed by atoms with Crippen LogP contribution in [0.1, 0.15) is 12.5 Å². The van der Waals surface area contributed by atoms with Gasteiger partial charge in [-0.1, -0.05) is 17.7 Å². The van der Waals surface area contributed by atoms with E-state index >= 15 is 0 Å². The first-order chi connectivity index (χ1) is 9.94. The Balaban J connectivity index is 2.36. The second-order valence-electron chi connectivity index (χ2n) is 4.47. The molecule has 0 aliphatic rings. The van der Waals surface area contributed by atoms with Crippen LogP contribution in [0.4, 0.5) is 11.4 Å². The average Bonchev–Trinajstić information content (AvgIpc) is 2.43. The smallest absolute Gasteiger partial charge is 0.265 e. The van der Waals surface area contributed by atoms with Gasteiger partial charge in [-0.2, -0.15) is 0 Å². The van der Waals surface area contributed by atoms with Crippen LogP contribution in [0.5, 0.6) is 0 Å². The van der Waals surface area contributed by atoms with Gasteiger partial charge in [-0.15, -0.1) is 0 Å². The van der Waals surface area contributed by atoms with Gasteiger partial charge in [0, 0.05) is 24.0 Å². The SMILES string of the molecule is CCNc1ccncc1S(=O)(=O)Nc1ccc(C)c(Cl)c1. The van der Waals surface area contributed by atoms with Crippen LogP contribution in [-0.2, 0) is 10.0 Å². The van der Waals surface area contributed by atoms with Gasteiger partial charge in [-0.05, 0) is 37.6 Å². The van der Waals surface area contributed by atoms with Crippen molar-refractivity contribution in [3.8, 4) is 0 Å². The van der Waals surface area contributed by atoms with Gasteiger partial charge in [-0.3, -0.25) is 9.71 Å². The fourth-order valence-corrected chi connectivity index (χ4v) is 3.15. The van der Waals surface area contributed by atoms with Crippen LogP contribution in [0, 0.1) is 6.92 Å². The summed E-state index contributed by atoms with van der Waals surface area (Å²) in [6.45, 7) is 4.36. The van der Waals surface area contributed by atoms with E-state index in [9.17, 15) is 8.42 Å². The number of hydrogen-bond acceptors (Lipinski definition) is 4. The molecule has 21 heavy (non-hydrogen) atoms. The van der Waals surface area contributed by atoms with E-state index in [1.165, 1.54) is 6.20 Å². The van der Waals surface area contributed by atoms with E-state index in [-0.39, 0.29) is 4.90 Å². The predicted octanol–water partition coefficient (Wildman–Crippen LogP) is 3.28. The zero-order chi connectivity index (χ0) is 15.5. The monoisotopic (exact) mass is 325 g/mol. The first-order valence-corrected chi connectivity index (χ1v) is 8.27. The molecule has 2 N–H and O–H groups in total. The summed E-state index contributed by atoms with van der Waals surface area (Å²) in [5, 5.41) is 3.51. The number of pyridine rings is 1. The molecule has 0 radical (unpaired) electrons. The van der Waals surface area contributed by atoms with Gasteiger partial charge < -0.3 is 5.32 Å². The van der Waals surface area contributed by atoms with E-state index in [4.69, 9.17) is 11.6 Å². The molecule has 0 fully saturated rings. The van der Waals surface area contributed by atoms with Crippen molar-refractivity contribution >= 4 is 33.0 Å². The third-order valence-electron chi connectivity index (χ3n) is 2.87. The molecule has 0 saturated carbocycles. The minimum absolute atomic E-state index is 0.101. The predicted molar refractivity (Wildman–Crippen MR) is 85.4 cm³/mol. The van der Waals surface area contributed by atoms with E-state index in [1.54, 1.807) is 30.5 Å². The number of sulfonamides is 1. The molecule has 0 amide bonds. The maximum absolute atomic E-state index is 12.5. The molecule has 112 valence electrons. The van der Waals surface area contributed by atoms with Gasteiger partial charge >= 0.3 is 0 Å². The minimum Gasteiger partial charge on any atom is -0.384 e. The normalized spacial score (nSPS) is 11.2. The number of anilines is 2. The Hall–Kier alpha value is -1.79. The number of aromatic nitrogens is 1. The molecule has 1 heterocycles. The lowest BCUT2D eigenvalue weighted by Gasteiger charge is -2.13. The van der Waals surface area contributed by atoms with Crippen molar-refractivity contribution in [1.29, 1.82) is 0 Å². The number of nitrogens with zero attached hydrogens (tertiary/aromatic N) is 1.